The summed E-state index contributed by atoms with van der Waals surface area (Å²) in [6, 6.07) is 26.0. The van der Waals surface area contributed by atoms with E-state index >= 15 is 0 Å². The van der Waals surface area contributed by atoms with E-state index in [1.165, 1.54) is 39.8 Å². The molecule has 110 valence electrons. The minimum Gasteiger partial charge on any atom is -0.0651 e. The van der Waals surface area contributed by atoms with Crippen molar-refractivity contribution >= 4 is 0 Å². The standard InChI is InChI=1S/C22H22/c1-3-10-20-17(2)15-16-21(18-11-6-4-7-12-18)22(20)19-13-8-5-9-14-19/h4-9,11-16H,3,10H2,1-2H3. The zero-order chi connectivity index (χ0) is 15.4. The normalized spacial score (nSPS) is 10.6. The van der Waals surface area contributed by atoms with Gasteiger partial charge in [-0.3, -0.25) is 0 Å². The molecule has 0 spiro atoms. The molecule has 0 unspecified atom stereocenters. The highest BCUT2D eigenvalue weighted by Crippen LogP contribution is 2.37. The zero-order valence-corrected chi connectivity index (χ0v) is 13.3. The molecule has 0 atom stereocenters. The Labute approximate surface area is 133 Å². The molecule has 3 aromatic rings. The van der Waals surface area contributed by atoms with Crippen LogP contribution in [0.15, 0.2) is 72.8 Å². The van der Waals surface area contributed by atoms with E-state index in [1.54, 1.807) is 0 Å². The van der Waals surface area contributed by atoms with E-state index in [9.17, 15) is 0 Å². The maximum Gasteiger partial charge on any atom is -0.00707 e. The first-order valence-electron chi connectivity index (χ1n) is 8.04. The van der Waals surface area contributed by atoms with Gasteiger partial charge in [0.05, 0.1) is 0 Å². The largest absolute Gasteiger partial charge is 0.0651 e. The summed E-state index contributed by atoms with van der Waals surface area (Å²) in [5.74, 6) is 0. The van der Waals surface area contributed by atoms with Gasteiger partial charge in [-0.15, -0.1) is 0 Å². The number of benzene rings is 3. The molecular formula is C22H22. The molecular weight excluding hydrogens is 264 g/mol. The van der Waals surface area contributed by atoms with Crippen molar-refractivity contribution in [2.75, 3.05) is 0 Å². The average molecular weight is 286 g/mol. The molecule has 0 nitrogen and oxygen atoms in total. The molecule has 0 heteroatoms. The van der Waals surface area contributed by atoms with Crippen molar-refractivity contribution < 1.29 is 0 Å². The van der Waals surface area contributed by atoms with Crippen molar-refractivity contribution in [3.8, 4) is 22.3 Å². The van der Waals surface area contributed by atoms with E-state index in [-0.39, 0.29) is 0 Å². The van der Waals surface area contributed by atoms with Gasteiger partial charge in [0.1, 0.15) is 0 Å². The SMILES string of the molecule is CCCc1c(C)ccc(-c2ccccc2)c1-c1ccccc1. The van der Waals surface area contributed by atoms with Crippen LogP contribution in [0.4, 0.5) is 0 Å². The number of hydrogen-bond acceptors (Lipinski definition) is 0. The summed E-state index contributed by atoms with van der Waals surface area (Å²) in [7, 11) is 0. The Balaban J connectivity index is 2.29. The van der Waals surface area contributed by atoms with Gasteiger partial charge in [-0.25, -0.2) is 0 Å². The van der Waals surface area contributed by atoms with Crippen molar-refractivity contribution in [3.05, 3.63) is 83.9 Å². The van der Waals surface area contributed by atoms with Crippen LogP contribution in [-0.2, 0) is 6.42 Å². The first-order chi connectivity index (χ1) is 10.8. The summed E-state index contributed by atoms with van der Waals surface area (Å²) in [6.45, 7) is 4.48. The fraction of sp³-hybridized carbons (Fsp3) is 0.182. The fourth-order valence-corrected chi connectivity index (χ4v) is 3.12. The van der Waals surface area contributed by atoms with E-state index in [2.05, 4.69) is 86.6 Å². The van der Waals surface area contributed by atoms with Crippen LogP contribution in [0.25, 0.3) is 22.3 Å². The van der Waals surface area contributed by atoms with Crippen LogP contribution in [0.2, 0.25) is 0 Å². The highest BCUT2D eigenvalue weighted by atomic mass is 14.2. The highest BCUT2D eigenvalue weighted by Gasteiger charge is 2.13. The second kappa shape index (κ2) is 6.62. The molecule has 0 bridgehead atoms. The molecule has 0 heterocycles. The van der Waals surface area contributed by atoms with Crippen LogP contribution in [0.1, 0.15) is 24.5 Å². The van der Waals surface area contributed by atoms with Crippen molar-refractivity contribution in [2.45, 2.75) is 26.7 Å². The third kappa shape index (κ3) is 2.82. The van der Waals surface area contributed by atoms with Crippen molar-refractivity contribution in [2.24, 2.45) is 0 Å². The van der Waals surface area contributed by atoms with Crippen molar-refractivity contribution in [1.82, 2.24) is 0 Å². The molecule has 0 fully saturated rings. The van der Waals surface area contributed by atoms with E-state index < -0.39 is 0 Å². The minimum absolute atomic E-state index is 1.12. The lowest BCUT2D eigenvalue weighted by atomic mass is 9.86. The first-order valence-corrected chi connectivity index (χ1v) is 8.04. The maximum atomic E-state index is 2.27. The molecule has 0 saturated carbocycles. The second-order valence-electron chi connectivity index (χ2n) is 5.77. The van der Waals surface area contributed by atoms with Gasteiger partial charge in [0.15, 0.2) is 0 Å². The number of hydrogen-bond donors (Lipinski definition) is 0. The van der Waals surface area contributed by atoms with Crippen LogP contribution in [0.3, 0.4) is 0 Å². The summed E-state index contributed by atoms with van der Waals surface area (Å²) in [6.07, 6.45) is 2.29. The van der Waals surface area contributed by atoms with E-state index in [1.807, 2.05) is 0 Å². The van der Waals surface area contributed by atoms with E-state index in [4.69, 9.17) is 0 Å². The predicted molar refractivity (Wildman–Crippen MR) is 96.0 cm³/mol. The van der Waals surface area contributed by atoms with Gasteiger partial charge in [-0.2, -0.15) is 0 Å². The summed E-state index contributed by atoms with van der Waals surface area (Å²) < 4.78 is 0. The van der Waals surface area contributed by atoms with Gasteiger partial charge in [-0.05, 0) is 46.7 Å². The predicted octanol–water partition coefficient (Wildman–Crippen LogP) is 6.28. The Morgan fingerprint density at radius 3 is 1.86 bits per heavy atom. The lowest BCUT2D eigenvalue weighted by Gasteiger charge is -2.18. The van der Waals surface area contributed by atoms with Crippen LogP contribution in [0.5, 0.6) is 0 Å². The van der Waals surface area contributed by atoms with E-state index in [0.717, 1.165) is 6.42 Å². The molecule has 0 aliphatic carbocycles. The molecule has 0 N–H and O–H groups in total. The molecule has 0 amide bonds. The van der Waals surface area contributed by atoms with Crippen LogP contribution in [0, 0.1) is 6.92 Å². The molecule has 0 aliphatic heterocycles. The minimum atomic E-state index is 1.12. The van der Waals surface area contributed by atoms with Crippen molar-refractivity contribution in [3.63, 3.8) is 0 Å². The second-order valence-corrected chi connectivity index (χ2v) is 5.77. The third-order valence-corrected chi connectivity index (χ3v) is 4.19. The quantitative estimate of drug-likeness (QED) is 0.529. The van der Waals surface area contributed by atoms with Gasteiger partial charge in [0, 0.05) is 0 Å². The lowest BCUT2D eigenvalue weighted by molar-refractivity contribution is 0.915. The molecule has 3 aromatic carbocycles. The van der Waals surface area contributed by atoms with Gasteiger partial charge in [-0.1, -0.05) is 86.1 Å². The van der Waals surface area contributed by atoms with Gasteiger partial charge in [0.2, 0.25) is 0 Å². The van der Waals surface area contributed by atoms with Crippen LogP contribution >= 0.6 is 0 Å². The molecule has 0 aliphatic rings. The molecule has 22 heavy (non-hydrogen) atoms. The van der Waals surface area contributed by atoms with E-state index in [0.29, 0.717) is 0 Å². The Bertz CT molecular complexity index is 740. The Hall–Kier alpha value is -2.34. The number of aryl methyl sites for hydroxylation is 1. The molecule has 0 radical (unpaired) electrons. The zero-order valence-electron chi connectivity index (χ0n) is 13.3. The third-order valence-electron chi connectivity index (χ3n) is 4.19. The molecule has 3 rings (SSSR count). The number of rotatable bonds is 4. The Morgan fingerprint density at radius 2 is 1.27 bits per heavy atom. The first kappa shape index (κ1) is 14.6. The van der Waals surface area contributed by atoms with Gasteiger partial charge in [0.25, 0.3) is 0 Å². The fourth-order valence-electron chi connectivity index (χ4n) is 3.12. The van der Waals surface area contributed by atoms with Gasteiger partial charge < -0.3 is 0 Å². The highest BCUT2D eigenvalue weighted by molar-refractivity contribution is 5.86. The lowest BCUT2D eigenvalue weighted by Crippen LogP contribution is -1.97. The molecule has 0 aromatic heterocycles. The average Bonchev–Trinajstić information content (AvgIpc) is 2.58. The van der Waals surface area contributed by atoms with Crippen molar-refractivity contribution in [1.29, 1.82) is 0 Å². The maximum absolute atomic E-state index is 2.27. The monoisotopic (exact) mass is 286 g/mol. The van der Waals surface area contributed by atoms with Gasteiger partial charge >= 0.3 is 0 Å². The topological polar surface area (TPSA) is 0 Å². The van der Waals surface area contributed by atoms with Crippen LogP contribution < -0.4 is 0 Å². The Kier molecular flexibility index (Phi) is 4.39. The summed E-state index contributed by atoms with van der Waals surface area (Å²) in [4.78, 5) is 0. The smallest absolute Gasteiger partial charge is 0.00707 e. The molecule has 0 saturated heterocycles. The summed E-state index contributed by atoms with van der Waals surface area (Å²) in [5.41, 5.74) is 8.21. The summed E-state index contributed by atoms with van der Waals surface area (Å²) >= 11 is 0. The Morgan fingerprint density at radius 1 is 0.682 bits per heavy atom. The van der Waals surface area contributed by atoms with Crippen LogP contribution in [-0.4, -0.2) is 0 Å². The summed E-state index contributed by atoms with van der Waals surface area (Å²) in [5, 5.41) is 0.